The molecule has 1 aromatic heterocycles. The van der Waals surface area contributed by atoms with E-state index in [0.717, 1.165) is 21.1 Å². The Balaban J connectivity index is 2.05. The normalized spacial score (nSPS) is 10.7. The lowest BCUT2D eigenvalue weighted by Crippen LogP contribution is -2.17. The summed E-state index contributed by atoms with van der Waals surface area (Å²) in [6.45, 7) is 0.691. The molecule has 0 aliphatic rings. The average molecular weight is 372 g/mol. The Morgan fingerprint density at radius 1 is 1.17 bits per heavy atom. The number of anilines is 1. The highest BCUT2D eigenvalue weighted by Gasteiger charge is 2.16. The predicted molar refractivity (Wildman–Crippen MR) is 94.6 cm³/mol. The van der Waals surface area contributed by atoms with E-state index in [2.05, 4.69) is 31.9 Å². The zero-order valence-electron chi connectivity index (χ0n) is 12.4. The van der Waals surface area contributed by atoms with Gasteiger partial charge in [0.05, 0.1) is 10.3 Å². The highest BCUT2D eigenvalue weighted by atomic mass is 79.9. The van der Waals surface area contributed by atoms with Crippen molar-refractivity contribution in [2.24, 2.45) is 0 Å². The van der Waals surface area contributed by atoms with Crippen LogP contribution < -0.4 is 4.90 Å². The average Bonchev–Trinajstić information content (AvgIpc) is 2.55. The van der Waals surface area contributed by atoms with Crippen molar-refractivity contribution in [2.45, 2.75) is 6.54 Å². The molecule has 5 nitrogen and oxygen atoms in total. The van der Waals surface area contributed by atoms with Gasteiger partial charge in [0, 0.05) is 47.6 Å². The molecule has 0 radical (unpaired) electrons. The Labute approximate surface area is 141 Å². The molecule has 0 fully saturated rings. The molecule has 0 N–H and O–H groups in total. The molecule has 0 aliphatic carbocycles. The molecule has 1 heterocycles. The Hall–Kier alpha value is -2.47. The van der Waals surface area contributed by atoms with Gasteiger partial charge >= 0.3 is 0 Å². The SMILES string of the molecule is CN(Cc1ccccc1Br)c1ccc([N+](=O)[O-])c2cnccc12. The second-order valence-electron chi connectivity index (χ2n) is 5.23. The molecule has 0 saturated carbocycles. The Morgan fingerprint density at radius 3 is 2.70 bits per heavy atom. The van der Waals surface area contributed by atoms with E-state index >= 15 is 0 Å². The molecule has 3 rings (SSSR count). The lowest BCUT2D eigenvalue weighted by molar-refractivity contribution is -0.383. The van der Waals surface area contributed by atoms with Crippen LogP contribution in [0.15, 0.2) is 59.3 Å². The van der Waals surface area contributed by atoms with Crippen LogP contribution in [-0.4, -0.2) is 17.0 Å². The molecule has 0 spiro atoms. The number of rotatable bonds is 4. The predicted octanol–water partition coefficient (Wildman–Crippen LogP) is 4.54. The van der Waals surface area contributed by atoms with Crippen molar-refractivity contribution in [3.8, 4) is 0 Å². The minimum atomic E-state index is -0.373. The fraction of sp³-hybridized carbons (Fsp3) is 0.118. The fourth-order valence-corrected chi connectivity index (χ4v) is 3.03. The van der Waals surface area contributed by atoms with Gasteiger partial charge in [-0.15, -0.1) is 0 Å². The maximum absolute atomic E-state index is 11.2. The van der Waals surface area contributed by atoms with E-state index < -0.39 is 0 Å². The lowest BCUT2D eigenvalue weighted by atomic mass is 10.1. The number of aromatic nitrogens is 1. The van der Waals surface area contributed by atoms with Gasteiger partial charge in [-0.25, -0.2) is 0 Å². The van der Waals surface area contributed by atoms with Crippen LogP contribution >= 0.6 is 15.9 Å². The highest BCUT2D eigenvalue weighted by molar-refractivity contribution is 9.10. The van der Waals surface area contributed by atoms with E-state index in [1.54, 1.807) is 18.5 Å². The number of hydrogen-bond acceptors (Lipinski definition) is 4. The molecule has 6 heteroatoms. The van der Waals surface area contributed by atoms with Crippen molar-refractivity contribution in [3.63, 3.8) is 0 Å². The van der Waals surface area contributed by atoms with Gasteiger partial charge in [-0.2, -0.15) is 0 Å². The van der Waals surface area contributed by atoms with Crippen molar-refractivity contribution in [2.75, 3.05) is 11.9 Å². The van der Waals surface area contributed by atoms with E-state index in [1.807, 2.05) is 31.3 Å². The molecule has 0 unspecified atom stereocenters. The summed E-state index contributed by atoms with van der Waals surface area (Å²) in [6, 6.07) is 13.2. The molecular weight excluding hydrogens is 358 g/mol. The molecular formula is C17H14BrN3O2. The van der Waals surface area contributed by atoms with Crippen molar-refractivity contribution in [1.29, 1.82) is 0 Å². The third-order valence-electron chi connectivity index (χ3n) is 3.75. The molecule has 3 aromatic rings. The second-order valence-corrected chi connectivity index (χ2v) is 6.08. The van der Waals surface area contributed by atoms with E-state index in [0.29, 0.717) is 11.9 Å². The third kappa shape index (κ3) is 3.03. The Morgan fingerprint density at radius 2 is 1.96 bits per heavy atom. The summed E-state index contributed by atoms with van der Waals surface area (Å²) in [5.74, 6) is 0. The number of benzene rings is 2. The first-order chi connectivity index (χ1) is 11.1. The summed E-state index contributed by atoms with van der Waals surface area (Å²) in [4.78, 5) is 16.9. The first-order valence-electron chi connectivity index (χ1n) is 7.03. The summed E-state index contributed by atoms with van der Waals surface area (Å²) < 4.78 is 1.04. The van der Waals surface area contributed by atoms with Crippen molar-refractivity contribution in [3.05, 3.63) is 75.0 Å². The first kappa shape index (κ1) is 15.4. The first-order valence-corrected chi connectivity index (χ1v) is 7.83. The van der Waals surface area contributed by atoms with E-state index in [1.165, 1.54) is 6.07 Å². The van der Waals surface area contributed by atoms with Crippen molar-refractivity contribution in [1.82, 2.24) is 4.98 Å². The highest BCUT2D eigenvalue weighted by Crippen LogP contribution is 2.33. The van der Waals surface area contributed by atoms with Gasteiger partial charge in [0.15, 0.2) is 0 Å². The number of nitrogens with zero attached hydrogens (tertiary/aromatic N) is 3. The standard InChI is InChI=1S/C17H14BrN3O2/c1-20(11-12-4-2-3-5-15(12)18)16-6-7-17(21(22)23)14-10-19-9-8-13(14)16/h2-10H,11H2,1H3. The monoisotopic (exact) mass is 371 g/mol. The summed E-state index contributed by atoms with van der Waals surface area (Å²) in [6.07, 6.45) is 3.20. The van der Waals surface area contributed by atoms with Crippen LogP contribution in [0.4, 0.5) is 11.4 Å². The number of non-ortho nitro benzene ring substituents is 1. The van der Waals surface area contributed by atoms with Gasteiger partial charge in [-0.3, -0.25) is 15.1 Å². The number of halogens is 1. The zero-order valence-corrected chi connectivity index (χ0v) is 14.0. The number of pyridine rings is 1. The summed E-state index contributed by atoms with van der Waals surface area (Å²) in [5, 5.41) is 12.6. The summed E-state index contributed by atoms with van der Waals surface area (Å²) >= 11 is 3.55. The van der Waals surface area contributed by atoms with Crippen LogP contribution in [-0.2, 0) is 6.54 Å². The van der Waals surface area contributed by atoms with Gasteiger partial charge in [-0.1, -0.05) is 34.1 Å². The van der Waals surface area contributed by atoms with Gasteiger partial charge in [0.25, 0.3) is 5.69 Å². The maximum atomic E-state index is 11.2. The van der Waals surface area contributed by atoms with Crippen LogP contribution in [0, 0.1) is 10.1 Å². The van der Waals surface area contributed by atoms with E-state index in [4.69, 9.17) is 0 Å². The smallest absolute Gasteiger partial charge is 0.278 e. The Bertz CT molecular complexity index is 883. The van der Waals surface area contributed by atoms with Gasteiger partial charge < -0.3 is 4.90 Å². The van der Waals surface area contributed by atoms with E-state index in [9.17, 15) is 10.1 Å². The second kappa shape index (κ2) is 6.34. The third-order valence-corrected chi connectivity index (χ3v) is 4.52. The topological polar surface area (TPSA) is 59.3 Å². The zero-order chi connectivity index (χ0) is 16.4. The van der Waals surface area contributed by atoms with Crippen LogP contribution in [0.3, 0.4) is 0 Å². The number of hydrogen-bond donors (Lipinski definition) is 0. The largest absolute Gasteiger partial charge is 0.370 e. The molecule has 0 saturated heterocycles. The maximum Gasteiger partial charge on any atom is 0.278 e. The number of nitro benzene ring substituents is 1. The minimum Gasteiger partial charge on any atom is -0.370 e. The molecule has 0 aliphatic heterocycles. The molecule has 0 atom stereocenters. The number of fused-ring (bicyclic) bond motifs is 1. The van der Waals surface area contributed by atoms with Gasteiger partial charge in [-0.05, 0) is 23.8 Å². The molecule has 23 heavy (non-hydrogen) atoms. The summed E-state index contributed by atoms with van der Waals surface area (Å²) in [5.41, 5.74) is 2.16. The van der Waals surface area contributed by atoms with Crippen LogP contribution in [0.5, 0.6) is 0 Å². The van der Waals surface area contributed by atoms with E-state index in [-0.39, 0.29) is 10.6 Å². The van der Waals surface area contributed by atoms with Crippen molar-refractivity contribution < 1.29 is 4.92 Å². The number of nitro groups is 1. The lowest BCUT2D eigenvalue weighted by Gasteiger charge is -2.22. The molecule has 0 bridgehead atoms. The molecule has 116 valence electrons. The fourth-order valence-electron chi connectivity index (χ4n) is 2.62. The van der Waals surface area contributed by atoms with Crippen LogP contribution in [0.1, 0.15) is 5.56 Å². The summed E-state index contributed by atoms with van der Waals surface area (Å²) in [7, 11) is 1.97. The molecule has 0 amide bonds. The minimum absolute atomic E-state index is 0.0751. The van der Waals surface area contributed by atoms with Gasteiger partial charge in [0.2, 0.25) is 0 Å². The van der Waals surface area contributed by atoms with Crippen LogP contribution in [0.2, 0.25) is 0 Å². The Kier molecular flexibility index (Phi) is 4.25. The van der Waals surface area contributed by atoms with Crippen molar-refractivity contribution >= 4 is 38.1 Å². The molecule has 2 aromatic carbocycles. The quantitative estimate of drug-likeness (QED) is 0.498. The van der Waals surface area contributed by atoms with Gasteiger partial charge in [0.1, 0.15) is 0 Å². The van der Waals surface area contributed by atoms with Crippen LogP contribution in [0.25, 0.3) is 10.8 Å².